The summed E-state index contributed by atoms with van der Waals surface area (Å²) in [5, 5.41) is 21.0. The monoisotopic (exact) mass is 439 g/mol. The van der Waals surface area contributed by atoms with Crippen LogP contribution in [0.4, 0.5) is 22.9 Å². The molecule has 0 aliphatic carbocycles. The van der Waals surface area contributed by atoms with Gasteiger partial charge in [0.05, 0.1) is 16.9 Å². The van der Waals surface area contributed by atoms with Crippen LogP contribution in [0.25, 0.3) is 0 Å². The number of nitrogens with zero attached hydrogens (tertiary/aromatic N) is 3. The number of rotatable bonds is 5. The van der Waals surface area contributed by atoms with Gasteiger partial charge in [-0.1, -0.05) is 18.2 Å². The molecule has 2 aromatic heterocycles. The van der Waals surface area contributed by atoms with E-state index in [2.05, 4.69) is 32.8 Å². The van der Waals surface area contributed by atoms with Crippen LogP contribution in [0.3, 0.4) is 0 Å². The van der Waals surface area contributed by atoms with Gasteiger partial charge in [-0.25, -0.2) is 4.98 Å². The summed E-state index contributed by atoms with van der Waals surface area (Å²) in [7, 11) is 1.92. The quantitative estimate of drug-likeness (QED) is 0.412. The molecule has 7 nitrogen and oxygen atoms in total. The van der Waals surface area contributed by atoms with Crippen molar-refractivity contribution in [1.82, 2.24) is 14.8 Å². The lowest BCUT2D eigenvalue weighted by Crippen LogP contribution is -2.08. The Labute approximate surface area is 192 Å². The number of carbonyl (C=O) groups excluding carboxylic acids is 1. The summed E-state index contributed by atoms with van der Waals surface area (Å²) in [6.07, 6.45) is 5.61. The molecule has 0 unspecified atom stereocenters. The molecule has 0 spiro atoms. The molecular formula is C26H25N5O2. The SMILES string of the molecule is Cc1ccc(O)cc1Nc1ccnc2c1C(=O)Cc1cc(CCc3ccn(C)n3)ccc1N2. The van der Waals surface area contributed by atoms with Crippen LogP contribution in [0.1, 0.15) is 32.7 Å². The van der Waals surface area contributed by atoms with Gasteiger partial charge in [0.15, 0.2) is 5.78 Å². The number of aromatic nitrogens is 3. The van der Waals surface area contributed by atoms with Gasteiger partial charge in [-0.2, -0.15) is 5.10 Å². The molecule has 33 heavy (non-hydrogen) atoms. The van der Waals surface area contributed by atoms with Crippen LogP contribution >= 0.6 is 0 Å². The summed E-state index contributed by atoms with van der Waals surface area (Å²) in [5.74, 6) is 0.688. The minimum absolute atomic E-state index is 0.00784. The molecule has 0 bridgehead atoms. The first-order valence-electron chi connectivity index (χ1n) is 10.9. The van der Waals surface area contributed by atoms with Crippen molar-refractivity contribution < 1.29 is 9.90 Å². The maximum Gasteiger partial charge on any atom is 0.173 e. The number of aromatic hydroxyl groups is 1. The number of fused-ring (bicyclic) bond motifs is 2. The van der Waals surface area contributed by atoms with Gasteiger partial charge in [0, 0.05) is 43.3 Å². The second-order valence-electron chi connectivity index (χ2n) is 8.40. The van der Waals surface area contributed by atoms with Gasteiger partial charge < -0.3 is 15.7 Å². The number of phenolic OH excluding ortho intramolecular Hbond substituents is 1. The average Bonchev–Trinajstić information content (AvgIpc) is 3.15. The topological polar surface area (TPSA) is 92.1 Å². The zero-order valence-electron chi connectivity index (χ0n) is 18.6. The normalized spacial score (nSPS) is 12.5. The van der Waals surface area contributed by atoms with Crippen molar-refractivity contribution >= 4 is 28.7 Å². The summed E-state index contributed by atoms with van der Waals surface area (Å²) in [5.41, 5.74) is 6.96. The lowest BCUT2D eigenvalue weighted by Gasteiger charge is -2.15. The van der Waals surface area contributed by atoms with Crippen molar-refractivity contribution in [3.8, 4) is 5.75 Å². The molecule has 0 radical (unpaired) electrons. The number of benzene rings is 2. The summed E-state index contributed by atoms with van der Waals surface area (Å²) in [6, 6.07) is 15.1. The number of pyridine rings is 1. The Hall–Kier alpha value is -4.13. The van der Waals surface area contributed by atoms with Gasteiger partial charge in [-0.3, -0.25) is 9.48 Å². The molecule has 166 valence electrons. The molecule has 7 heteroatoms. The molecule has 1 aliphatic rings. The van der Waals surface area contributed by atoms with Crippen LogP contribution in [0.15, 0.2) is 60.9 Å². The Morgan fingerprint density at radius 3 is 2.79 bits per heavy atom. The van der Waals surface area contributed by atoms with E-state index >= 15 is 0 Å². The highest BCUT2D eigenvalue weighted by Crippen LogP contribution is 2.35. The van der Waals surface area contributed by atoms with E-state index in [1.54, 1.807) is 24.4 Å². The highest BCUT2D eigenvalue weighted by Gasteiger charge is 2.24. The van der Waals surface area contributed by atoms with E-state index < -0.39 is 0 Å². The minimum Gasteiger partial charge on any atom is -0.508 e. The zero-order valence-corrected chi connectivity index (χ0v) is 18.6. The second-order valence-corrected chi connectivity index (χ2v) is 8.40. The molecule has 2 aromatic carbocycles. The van der Waals surface area contributed by atoms with Crippen LogP contribution < -0.4 is 10.6 Å². The fourth-order valence-corrected chi connectivity index (χ4v) is 4.16. The Morgan fingerprint density at radius 1 is 1.09 bits per heavy atom. The number of hydrogen-bond acceptors (Lipinski definition) is 6. The lowest BCUT2D eigenvalue weighted by molar-refractivity contribution is 0.0995. The van der Waals surface area contributed by atoms with Crippen molar-refractivity contribution in [1.29, 1.82) is 0 Å². The second kappa shape index (κ2) is 8.43. The van der Waals surface area contributed by atoms with E-state index in [0.29, 0.717) is 17.1 Å². The number of carbonyl (C=O) groups is 1. The number of aryl methyl sites for hydroxylation is 4. The molecular weight excluding hydrogens is 414 g/mol. The third kappa shape index (κ3) is 4.30. The van der Waals surface area contributed by atoms with Crippen molar-refractivity contribution in [2.45, 2.75) is 26.2 Å². The predicted molar refractivity (Wildman–Crippen MR) is 129 cm³/mol. The number of nitrogens with one attached hydrogen (secondary N) is 2. The van der Waals surface area contributed by atoms with E-state index in [-0.39, 0.29) is 18.0 Å². The number of Topliss-reactive ketones (excluding diaryl/α,β-unsaturated/α-hetero) is 1. The summed E-state index contributed by atoms with van der Waals surface area (Å²) < 4.78 is 1.81. The zero-order chi connectivity index (χ0) is 22.9. The first kappa shape index (κ1) is 20.8. The molecule has 0 atom stereocenters. The summed E-state index contributed by atoms with van der Waals surface area (Å²) >= 11 is 0. The van der Waals surface area contributed by atoms with E-state index in [9.17, 15) is 9.90 Å². The van der Waals surface area contributed by atoms with Gasteiger partial charge in [0.1, 0.15) is 11.6 Å². The van der Waals surface area contributed by atoms with Crippen LogP contribution in [-0.2, 0) is 26.3 Å². The van der Waals surface area contributed by atoms with Gasteiger partial charge in [-0.05, 0) is 60.7 Å². The number of ketones is 1. The summed E-state index contributed by atoms with van der Waals surface area (Å²) in [6.45, 7) is 1.95. The highest BCUT2D eigenvalue weighted by molar-refractivity contribution is 6.09. The van der Waals surface area contributed by atoms with Crippen molar-refractivity contribution in [2.75, 3.05) is 10.6 Å². The third-order valence-electron chi connectivity index (χ3n) is 5.93. The third-order valence-corrected chi connectivity index (χ3v) is 5.93. The first-order chi connectivity index (χ1) is 16.0. The maximum absolute atomic E-state index is 13.3. The molecule has 5 rings (SSSR count). The Balaban J connectivity index is 1.42. The first-order valence-corrected chi connectivity index (χ1v) is 10.9. The van der Waals surface area contributed by atoms with Gasteiger partial charge >= 0.3 is 0 Å². The molecule has 0 saturated heterocycles. The number of anilines is 4. The van der Waals surface area contributed by atoms with Crippen molar-refractivity contribution in [3.63, 3.8) is 0 Å². The molecule has 0 saturated carbocycles. The van der Waals surface area contributed by atoms with Crippen LogP contribution in [0.2, 0.25) is 0 Å². The fraction of sp³-hybridized carbons (Fsp3) is 0.192. The Bertz CT molecular complexity index is 1360. The average molecular weight is 440 g/mol. The van der Waals surface area contributed by atoms with Crippen molar-refractivity contribution in [2.24, 2.45) is 7.05 Å². The van der Waals surface area contributed by atoms with E-state index in [0.717, 1.165) is 41.0 Å². The van der Waals surface area contributed by atoms with Crippen LogP contribution in [0, 0.1) is 6.92 Å². The highest BCUT2D eigenvalue weighted by atomic mass is 16.3. The van der Waals surface area contributed by atoms with Gasteiger partial charge in [-0.15, -0.1) is 0 Å². The fourth-order valence-electron chi connectivity index (χ4n) is 4.16. The van der Waals surface area contributed by atoms with Gasteiger partial charge in [0.25, 0.3) is 0 Å². The standard InChI is InChI=1S/C26H25N5O2/c1-16-3-7-20(32)15-23(16)28-22-9-11-27-26-25(22)24(33)14-18-13-17(5-8-21(18)29-26)4-6-19-10-12-31(2)30-19/h3,5,7-13,15,32H,4,6,14H2,1-2H3,(H2,27,28,29). The lowest BCUT2D eigenvalue weighted by atomic mass is 9.99. The van der Waals surface area contributed by atoms with Crippen LogP contribution in [0.5, 0.6) is 5.75 Å². The van der Waals surface area contributed by atoms with E-state index in [1.165, 1.54) is 5.56 Å². The van der Waals surface area contributed by atoms with Gasteiger partial charge in [0.2, 0.25) is 0 Å². The number of phenols is 1. The molecule has 4 aromatic rings. The summed E-state index contributed by atoms with van der Waals surface area (Å²) in [4.78, 5) is 17.8. The van der Waals surface area contributed by atoms with E-state index in [1.807, 2.05) is 43.0 Å². The molecule has 3 N–H and O–H groups in total. The van der Waals surface area contributed by atoms with E-state index in [4.69, 9.17) is 0 Å². The Kier molecular flexibility index (Phi) is 5.30. The Morgan fingerprint density at radius 2 is 1.97 bits per heavy atom. The maximum atomic E-state index is 13.3. The molecule has 3 heterocycles. The largest absolute Gasteiger partial charge is 0.508 e. The molecule has 1 aliphatic heterocycles. The minimum atomic E-state index is -0.00784. The van der Waals surface area contributed by atoms with Crippen LogP contribution in [-0.4, -0.2) is 25.7 Å². The molecule has 0 fully saturated rings. The molecule has 0 amide bonds. The smallest absolute Gasteiger partial charge is 0.173 e. The number of hydrogen-bond donors (Lipinski definition) is 3. The predicted octanol–water partition coefficient (Wildman–Crippen LogP) is 4.84. The van der Waals surface area contributed by atoms with Crippen molar-refractivity contribution in [3.05, 3.63) is 88.9 Å².